The summed E-state index contributed by atoms with van der Waals surface area (Å²) in [4.78, 5) is 41.0. The lowest BCUT2D eigenvalue weighted by molar-refractivity contribution is -0.218. The number of ketones is 1. The fraction of sp³-hybridized carbons (Fsp3) is 0.393. The molecule has 0 saturated carbocycles. The van der Waals surface area contributed by atoms with E-state index in [9.17, 15) is 19.5 Å². The normalized spacial score (nSPS) is 24.5. The van der Waals surface area contributed by atoms with E-state index in [-0.39, 0.29) is 30.5 Å². The van der Waals surface area contributed by atoms with Gasteiger partial charge in [0.1, 0.15) is 12.7 Å². The monoisotopic (exact) mass is 571 g/mol. The summed E-state index contributed by atoms with van der Waals surface area (Å²) < 4.78 is 11.4. The summed E-state index contributed by atoms with van der Waals surface area (Å²) in [7, 11) is 0. The number of rotatable bonds is 10. The largest absolute Gasteiger partial charge is 0.447 e. The topological polar surface area (TPSA) is 113 Å². The molecule has 8 nitrogen and oxygen atoms in total. The molecule has 2 aromatic carbocycles. The molecule has 37 heavy (non-hydrogen) atoms. The molecule has 4 rings (SSSR count). The molecule has 2 N–H and O–H groups in total. The summed E-state index contributed by atoms with van der Waals surface area (Å²) in [5, 5.41) is 20.4. The molecule has 0 aliphatic carbocycles. The molecule has 0 bridgehead atoms. The number of ether oxygens (including phenoxy) is 2. The van der Waals surface area contributed by atoms with Gasteiger partial charge in [-0.3, -0.25) is 9.59 Å². The van der Waals surface area contributed by atoms with Crippen LogP contribution in [0.3, 0.4) is 0 Å². The van der Waals surface area contributed by atoms with E-state index in [0.717, 1.165) is 16.0 Å². The lowest BCUT2D eigenvalue weighted by Gasteiger charge is -2.38. The molecule has 2 amide bonds. The first-order chi connectivity index (χ1) is 17.8. The SMILES string of the molecule is O=C1C=C(Br)[C@](O)(CCCCO)O[C@@H]1[C@H](Cc1ccccc1)C(=O)N1C(=O)OC[C@H]1Cc1ccccc1. The Morgan fingerprint density at radius 1 is 1.05 bits per heavy atom. The van der Waals surface area contributed by atoms with Crippen LogP contribution in [0, 0.1) is 5.92 Å². The minimum Gasteiger partial charge on any atom is -0.447 e. The standard InChI is InChI=1S/C28H30BrNO7/c29-24-17-23(32)25(37-28(24,35)13-7-8-14-31)22(16-20-11-5-2-6-12-20)26(33)30-21(18-36-27(30)34)15-19-9-3-1-4-10-19/h1-6,9-12,17,21-22,25,31,35H,7-8,13-16,18H2/t21-,22+,25-,28+/m1/s1. The lowest BCUT2D eigenvalue weighted by atomic mass is 9.87. The second-order valence-electron chi connectivity index (χ2n) is 9.32. The smallest absolute Gasteiger partial charge is 0.416 e. The van der Waals surface area contributed by atoms with Crippen molar-refractivity contribution >= 4 is 33.7 Å². The van der Waals surface area contributed by atoms with Crippen LogP contribution in [-0.4, -0.2) is 64.0 Å². The van der Waals surface area contributed by atoms with Gasteiger partial charge in [-0.15, -0.1) is 0 Å². The molecule has 2 aliphatic heterocycles. The number of imide groups is 1. The molecule has 0 spiro atoms. The first kappa shape index (κ1) is 27.2. The molecule has 4 atom stereocenters. The predicted octanol–water partition coefficient (Wildman–Crippen LogP) is 3.53. The van der Waals surface area contributed by atoms with Gasteiger partial charge in [0.2, 0.25) is 5.91 Å². The van der Waals surface area contributed by atoms with E-state index in [2.05, 4.69) is 15.9 Å². The summed E-state index contributed by atoms with van der Waals surface area (Å²) in [6.45, 7) is 0.00229. The third-order valence-electron chi connectivity index (χ3n) is 6.66. The molecule has 2 heterocycles. The molecule has 1 fully saturated rings. The second kappa shape index (κ2) is 12.1. The fourth-order valence-electron chi connectivity index (χ4n) is 4.72. The Bertz CT molecular complexity index is 1140. The highest BCUT2D eigenvalue weighted by molar-refractivity contribution is 9.11. The van der Waals surface area contributed by atoms with E-state index in [4.69, 9.17) is 14.6 Å². The molecule has 0 unspecified atom stereocenters. The van der Waals surface area contributed by atoms with E-state index in [1.54, 1.807) is 0 Å². The number of carbonyl (C=O) groups is 3. The van der Waals surface area contributed by atoms with Crippen molar-refractivity contribution in [2.75, 3.05) is 13.2 Å². The van der Waals surface area contributed by atoms with Gasteiger partial charge in [0.05, 0.1) is 16.4 Å². The molecule has 2 aromatic rings. The van der Waals surface area contributed by atoms with Crippen LogP contribution in [0.1, 0.15) is 30.4 Å². The lowest BCUT2D eigenvalue weighted by Crippen LogP contribution is -2.53. The number of benzene rings is 2. The zero-order chi connectivity index (χ0) is 26.4. The van der Waals surface area contributed by atoms with Crippen molar-refractivity contribution in [1.82, 2.24) is 4.90 Å². The van der Waals surface area contributed by atoms with Crippen LogP contribution in [-0.2, 0) is 31.9 Å². The molecule has 2 aliphatic rings. The number of nitrogens with zero attached hydrogens (tertiary/aromatic N) is 1. The van der Waals surface area contributed by atoms with Crippen molar-refractivity contribution in [1.29, 1.82) is 0 Å². The van der Waals surface area contributed by atoms with Gasteiger partial charge in [-0.2, -0.15) is 0 Å². The van der Waals surface area contributed by atoms with Crippen molar-refractivity contribution in [2.45, 2.75) is 50.0 Å². The third kappa shape index (κ3) is 6.35. The van der Waals surface area contributed by atoms with Gasteiger partial charge < -0.3 is 19.7 Å². The molecular weight excluding hydrogens is 542 g/mol. The number of hydrogen-bond donors (Lipinski definition) is 2. The summed E-state index contributed by atoms with van der Waals surface area (Å²) in [5.74, 6) is -3.99. The van der Waals surface area contributed by atoms with Gasteiger partial charge in [-0.25, -0.2) is 9.69 Å². The van der Waals surface area contributed by atoms with E-state index in [1.165, 1.54) is 6.08 Å². The quantitative estimate of drug-likeness (QED) is 0.419. The Morgan fingerprint density at radius 2 is 1.70 bits per heavy atom. The Kier molecular flexibility index (Phi) is 8.91. The van der Waals surface area contributed by atoms with Gasteiger partial charge in [0.25, 0.3) is 0 Å². The molecule has 1 saturated heterocycles. The number of unbranched alkanes of at least 4 members (excludes halogenated alkanes) is 1. The van der Waals surface area contributed by atoms with E-state index in [1.807, 2.05) is 60.7 Å². The van der Waals surface area contributed by atoms with Crippen LogP contribution in [0.25, 0.3) is 0 Å². The maximum Gasteiger partial charge on any atom is 0.416 e. The number of hydrogen-bond acceptors (Lipinski definition) is 7. The maximum atomic E-state index is 14.0. The number of amides is 2. The minimum absolute atomic E-state index is 0.0469. The van der Waals surface area contributed by atoms with Crippen LogP contribution >= 0.6 is 15.9 Å². The summed E-state index contributed by atoms with van der Waals surface area (Å²) in [6.07, 6.45) is 0.679. The van der Waals surface area contributed by atoms with Crippen LogP contribution < -0.4 is 0 Å². The number of cyclic esters (lactones) is 1. The molecule has 0 aromatic heterocycles. The van der Waals surface area contributed by atoms with Crippen LogP contribution in [0.15, 0.2) is 71.2 Å². The Balaban J connectivity index is 1.65. The van der Waals surface area contributed by atoms with Crippen molar-refractivity contribution < 1.29 is 34.1 Å². The number of aliphatic hydroxyl groups is 2. The molecule has 196 valence electrons. The second-order valence-corrected chi connectivity index (χ2v) is 10.2. The van der Waals surface area contributed by atoms with Crippen molar-refractivity contribution in [2.24, 2.45) is 5.92 Å². The maximum absolute atomic E-state index is 14.0. The highest BCUT2D eigenvalue weighted by Gasteiger charge is 2.49. The van der Waals surface area contributed by atoms with Gasteiger partial charge >= 0.3 is 6.09 Å². The average Bonchev–Trinajstić information content (AvgIpc) is 3.26. The van der Waals surface area contributed by atoms with E-state index in [0.29, 0.717) is 19.3 Å². The zero-order valence-corrected chi connectivity index (χ0v) is 21.9. The van der Waals surface area contributed by atoms with Gasteiger partial charge in [0, 0.05) is 13.0 Å². The number of halogens is 1. The first-order valence-electron chi connectivity index (χ1n) is 12.3. The Labute approximate surface area is 224 Å². The van der Waals surface area contributed by atoms with E-state index >= 15 is 0 Å². The molecular formula is C28H30BrNO7. The van der Waals surface area contributed by atoms with Crippen molar-refractivity contribution in [3.63, 3.8) is 0 Å². The number of aliphatic hydroxyl groups excluding tert-OH is 1. The Morgan fingerprint density at radius 3 is 2.35 bits per heavy atom. The zero-order valence-electron chi connectivity index (χ0n) is 20.3. The third-order valence-corrected chi connectivity index (χ3v) is 7.51. The van der Waals surface area contributed by atoms with Crippen molar-refractivity contribution in [3.05, 3.63) is 82.3 Å². The van der Waals surface area contributed by atoms with Crippen molar-refractivity contribution in [3.8, 4) is 0 Å². The van der Waals surface area contributed by atoms with Crippen LogP contribution in [0.2, 0.25) is 0 Å². The molecule has 0 radical (unpaired) electrons. The fourth-order valence-corrected chi connectivity index (χ4v) is 5.23. The summed E-state index contributed by atoms with van der Waals surface area (Å²) >= 11 is 3.24. The highest BCUT2D eigenvalue weighted by Crippen LogP contribution is 2.38. The molecule has 9 heteroatoms. The highest BCUT2D eigenvalue weighted by atomic mass is 79.9. The Hall–Kier alpha value is -2.85. The summed E-state index contributed by atoms with van der Waals surface area (Å²) in [5.41, 5.74) is 1.72. The van der Waals surface area contributed by atoms with Crippen LogP contribution in [0.4, 0.5) is 4.79 Å². The minimum atomic E-state index is -1.84. The van der Waals surface area contributed by atoms with Gasteiger partial charge in [0.15, 0.2) is 11.6 Å². The van der Waals surface area contributed by atoms with Crippen LogP contribution in [0.5, 0.6) is 0 Å². The summed E-state index contributed by atoms with van der Waals surface area (Å²) in [6, 6.07) is 18.1. The average molecular weight is 572 g/mol. The first-order valence-corrected chi connectivity index (χ1v) is 13.1. The number of carbonyl (C=O) groups excluding carboxylic acids is 3. The predicted molar refractivity (Wildman–Crippen MR) is 139 cm³/mol. The van der Waals surface area contributed by atoms with Gasteiger partial charge in [-0.05, 0) is 58.8 Å². The van der Waals surface area contributed by atoms with Gasteiger partial charge in [-0.1, -0.05) is 60.7 Å². The van der Waals surface area contributed by atoms with E-state index < -0.39 is 41.6 Å².